The molecule has 2 rings (SSSR count). The number of rotatable bonds is 5. The van der Waals surface area contributed by atoms with Crippen LogP contribution in [0.25, 0.3) is 0 Å². The molecule has 1 aliphatic rings. The van der Waals surface area contributed by atoms with E-state index in [0.717, 1.165) is 12.5 Å². The molecule has 1 N–H and O–H groups in total. The third kappa shape index (κ3) is 3.99. The fraction of sp³-hybridized carbons (Fsp3) is 0.667. The first-order valence-electron chi connectivity index (χ1n) is 8.13. The summed E-state index contributed by atoms with van der Waals surface area (Å²) in [4.78, 5) is 2.49. The third-order valence-electron chi connectivity index (χ3n) is 4.62. The van der Waals surface area contributed by atoms with Gasteiger partial charge in [0.25, 0.3) is 0 Å². The molecule has 1 aliphatic carbocycles. The fourth-order valence-corrected chi connectivity index (χ4v) is 3.23. The van der Waals surface area contributed by atoms with E-state index in [9.17, 15) is 0 Å². The van der Waals surface area contributed by atoms with Crippen LogP contribution in [0.15, 0.2) is 24.3 Å². The molecule has 20 heavy (non-hydrogen) atoms. The number of nitrogens with one attached hydrogen (secondary N) is 1. The number of anilines is 1. The zero-order valence-electron chi connectivity index (χ0n) is 13.5. The lowest BCUT2D eigenvalue weighted by atomic mass is 9.85. The second-order valence-electron chi connectivity index (χ2n) is 6.64. The Morgan fingerprint density at radius 1 is 1.15 bits per heavy atom. The van der Waals surface area contributed by atoms with E-state index in [1.807, 2.05) is 0 Å². The minimum absolute atomic E-state index is 0.542. The summed E-state index contributed by atoms with van der Waals surface area (Å²) in [6.45, 7) is 7.74. The molecule has 0 bridgehead atoms. The van der Waals surface area contributed by atoms with Crippen LogP contribution in [0.4, 0.5) is 5.69 Å². The second-order valence-corrected chi connectivity index (χ2v) is 6.64. The highest BCUT2D eigenvalue weighted by Crippen LogP contribution is 2.30. The van der Waals surface area contributed by atoms with Crippen LogP contribution in [-0.4, -0.2) is 19.1 Å². The Kier molecular flexibility index (Phi) is 5.47. The number of hydrogen-bond acceptors (Lipinski definition) is 2. The average Bonchev–Trinajstić information content (AvgIpc) is 2.45. The Hall–Kier alpha value is -1.02. The van der Waals surface area contributed by atoms with Crippen LogP contribution in [0, 0.1) is 5.92 Å². The third-order valence-corrected chi connectivity index (χ3v) is 4.62. The molecule has 0 spiro atoms. The zero-order chi connectivity index (χ0) is 14.5. The van der Waals surface area contributed by atoms with Gasteiger partial charge in [-0.05, 0) is 36.5 Å². The number of nitrogens with zero attached hydrogens (tertiary/aromatic N) is 1. The standard InChI is InChI=1S/C18H30N2/c1-14(2)19-13-16-9-11-17(12-10-16)20(4)18-8-6-5-7-15(18)3/h9-12,14-15,18-19H,5-8,13H2,1-4H3. The van der Waals surface area contributed by atoms with Gasteiger partial charge in [-0.1, -0.05) is 45.7 Å². The molecule has 0 saturated heterocycles. The minimum atomic E-state index is 0.542. The first-order valence-corrected chi connectivity index (χ1v) is 8.13. The van der Waals surface area contributed by atoms with Gasteiger partial charge in [-0.25, -0.2) is 0 Å². The Balaban J connectivity index is 1.97. The second kappa shape index (κ2) is 7.12. The average molecular weight is 274 g/mol. The molecule has 0 radical (unpaired) electrons. The van der Waals surface area contributed by atoms with Crippen LogP contribution in [0.2, 0.25) is 0 Å². The van der Waals surface area contributed by atoms with Crippen molar-refractivity contribution in [3.05, 3.63) is 29.8 Å². The topological polar surface area (TPSA) is 15.3 Å². The van der Waals surface area contributed by atoms with Crippen molar-refractivity contribution < 1.29 is 0 Å². The Bertz CT molecular complexity index is 396. The summed E-state index contributed by atoms with van der Waals surface area (Å²) in [5.74, 6) is 0.816. The van der Waals surface area contributed by atoms with Gasteiger partial charge in [-0.2, -0.15) is 0 Å². The van der Waals surface area contributed by atoms with Gasteiger partial charge in [0.2, 0.25) is 0 Å². The maximum absolute atomic E-state index is 3.47. The lowest BCUT2D eigenvalue weighted by Gasteiger charge is -2.37. The fourth-order valence-electron chi connectivity index (χ4n) is 3.23. The van der Waals surface area contributed by atoms with E-state index in [2.05, 4.69) is 62.3 Å². The van der Waals surface area contributed by atoms with Gasteiger partial charge in [-0.3, -0.25) is 0 Å². The van der Waals surface area contributed by atoms with E-state index in [1.165, 1.54) is 36.9 Å². The molecular weight excluding hydrogens is 244 g/mol. The molecular formula is C18H30N2. The highest BCUT2D eigenvalue weighted by molar-refractivity contribution is 5.48. The summed E-state index contributed by atoms with van der Waals surface area (Å²) in [6.07, 6.45) is 5.51. The van der Waals surface area contributed by atoms with Crippen LogP contribution in [-0.2, 0) is 6.54 Å². The predicted molar refractivity (Wildman–Crippen MR) is 88.2 cm³/mol. The van der Waals surface area contributed by atoms with Gasteiger partial charge < -0.3 is 10.2 Å². The van der Waals surface area contributed by atoms with Crippen molar-refractivity contribution in [3.63, 3.8) is 0 Å². The van der Waals surface area contributed by atoms with E-state index in [-0.39, 0.29) is 0 Å². The largest absolute Gasteiger partial charge is 0.371 e. The number of hydrogen-bond donors (Lipinski definition) is 1. The van der Waals surface area contributed by atoms with Gasteiger partial charge >= 0.3 is 0 Å². The quantitative estimate of drug-likeness (QED) is 0.865. The van der Waals surface area contributed by atoms with Gasteiger partial charge in [0.05, 0.1) is 0 Å². The van der Waals surface area contributed by atoms with Crippen LogP contribution in [0.5, 0.6) is 0 Å². The van der Waals surface area contributed by atoms with E-state index in [0.29, 0.717) is 12.1 Å². The minimum Gasteiger partial charge on any atom is -0.371 e. The summed E-state index contributed by atoms with van der Waals surface area (Å²) in [6, 6.07) is 10.3. The van der Waals surface area contributed by atoms with Crippen molar-refractivity contribution in [1.29, 1.82) is 0 Å². The highest BCUT2D eigenvalue weighted by atomic mass is 15.1. The van der Waals surface area contributed by atoms with Crippen molar-refractivity contribution >= 4 is 5.69 Å². The van der Waals surface area contributed by atoms with Crippen molar-refractivity contribution in [2.24, 2.45) is 5.92 Å². The smallest absolute Gasteiger partial charge is 0.0366 e. The maximum Gasteiger partial charge on any atom is 0.0366 e. The highest BCUT2D eigenvalue weighted by Gasteiger charge is 2.24. The van der Waals surface area contributed by atoms with Crippen molar-refractivity contribution in [1.82, 2.24) is 5.32 Å². The van der Waals surface area contributed by atoms with Crippen LogP contribution < -0.4 is 10.2 Å². The van der Waals surface area contributed by atoms with Gasteiger partial charge in [-0.15, -0.1) is 0 Å². The van der Waals surface area contributed by atoms with E-state index >= 15 is 0 Å². The SMILES string of the molecule is CC(C)NCc1ccc(N(C)C2CCCCC2C)cc1. The van der Waals surface area contributed by atoms with Gasteiger partial charge in [0.15, 0.2) is 0 Å². The number of benzene rings is 1. The Morgan fingerprint density at radius 3 is 2.40 bits per heavy atom. The molecule has 0 heterocycles. The maximum atomic E-state index is 3.47. The van der Waals surface area contributed by atoms with E-state index in [4.69, 9.17) is 0 Å². The van der Waals surface area contributed by atoms with Crippen LogP contribution in [0.1, 0.15) is 52.0 Å². The van der Waals surface area contributed by atoms with E-state index < -0.39 is 0 Å². The molecule has 0 amide bonds. The summed E-state index contributed by atoms with van der Waals surface area (Å²) in [5, 5.41) is 3.47. The molecule has 1 saturated carbocycles. The molecule has 2 atom stereocenters. The van der Waals surface area contributed by atoms with Crippen molar-refractivity contribution in [2.75, 3.05) is 11.9 Å². The normalized spacial score (nSPS) is 23.1. The molecule has 0 aliphatic heterocycles. The first kappa shape index (κ1) is 15.4. The molecule has 112 valence electrons. The van der Waals surface area contributed by atoms with Gasteiger partial charge in [0.1, 0.15) is 0 Å². The summed E-state index contributed by atoms with van der Waals surface area (Å²) >= 11 is 0. The lowest BCUT2D eigenvalue weighted by molar-refractivity contribution is 0.321. The molecule has 1 fully saturated rings. The lowest BCUT2D eigenvalue weighted by Crippen LogP contribution is -2.38. The molecule has 1 aromatic rings. The predicted octanol–water partition coefficient (Wildman–Crippen LogP) is 4.20. The van der Waals surface area contributed by atoms with Gasteiger partial charge in [0, 0.05) is 31.4 Å². The monoisotopic (exact) mass is 274 g/mol. The molecule has 2 heteroatoms. The van der Waals surface area contributed by atoms with Crippen LogP contribution in [0.3, 0.4) is 0 Å². The summed E-state index contributed by atoms with van der Waals surface area (Å²) in [7, 11) is 2.26. The molecule has 2 unspecified atom stereocenters. The summed E-state index contributed by atoms with van der Waals surface area (Å²) in [5.41, 5.74) is 2.73. The Labute approximate surface area is 124 Å². The molecule has 2 nitrogen and oxygen atoms in total. The van der Waals surface area contributed by atoms with Crippen molar-refractivity contribution in [2.45, 2.75) is 65.1 Å². The zero-order valence-corrected chi connectivity index (χ0v) is 13.5. The molecule has 1 aromatic carbocycles. The van der Waals surface area contributed by atoms with Crippen LogP contribution >= 0.6 is 0 Å². The molecule has 0 aromatic heterocycles. The Morgan fingerprint density at radius 2 is 1.80 bits per heavy atom. The summed E-state index contributed by atoms with van der Waals surface area (Å²) < 4.78 is 0. The van der Waals surface area contributed by atoms with Crippen molar-refractivity contribution in [3.8, 4) is 0 Å². The first-order chi connectivity index (χ1) is 9.58. The van der Waals surface area contributed by atoms with E-state index in [1.54, 1.807) is 0 Å².